The van der Waals surface area contributed by atoms with Gasteiger partial charge < -0.3 is 10.2 Å². The van der Waals surface area contributed by atoms with Crippen molar-refractivity contribution in [2.24, 2.45) is 0 Å². The third-order valence-electron chi connectivity index (χ3n) is 2.84. The Morgan fingerprint density at radius 3 is 2.76 bits per heavy atom. The van der Waals surface area contributed by atoms with Gasteiger partial charge in [0.2, 0.25) is 0 Å². The average molecular weight is 320 g/mol. The summed E-state index contributed by atoms with van der Waals surface area (Å²) in [5.41, 5.74) is 1.28. The highest BCUT2D eigenvalue weighted by atomic mass is 35.5. The summed E-state index contributed by atoms with van der Waals surface area (Å²) in [6.07, 6.45) is 0. The lowest BCUT2D eigenvalue weighted by atomic mass is 10.1. The van der Waals surface area contributed by atoms with E-state index in [9.17, 15) is 4.79 Å². The fourth-order valence-corrected chi connectivity index (χ4v) is 2.71. The van der Waals surface area contributed by atoms with Gasteiger partial charge in [-0.25, -0.2) is 0 Å². The zero-order valence-electron chi connectivity index (χ0n) is 11.7. The van der Waals surface area contributed by atoms with Crippen molar-refractivity contribution in [3.8, 4) is 6.07 Å². The smallest absolute Gasteiger partial charge is 0.254 e. The van der Waals surface area contributed by atoms with E-state index in [1.54, 1.807) is 32.3 Å². The minimum Gasteiger partial charge on any atom is -0.380 e. The first-order chi connectivity index (χ1) is 10.0. The van der Waals surface area contributed by atoms with Gasteiger partial charge in [0.05, 0.1) is 10.6 Å². The summed E-state index contributed by atoms with van der Waals surface area (Å²) in [7, 11) is 3.38. The van der Waals surface area contributed by atoms with Crippen LogP contribution in [0.3, 0.4) is 0 Å². The zero-order valence-corrected chi connectivity index (χ0v) is 13.3. The molecule has 0 unspecified atom stereocenters. The first-order valence-corrected chi connectivity index (χ1v) is 7.44. The Balaban J connectivity index is 2.12. The lowest BCUT2D eigenvalue weighted by Gasteiger charge is -2.13. The van der Waals surface area contributed by atoms with E-state index in [-0.39, 0.29) is 5.91 Å². The molecule has 0 saturated heterocycles. The van der Waals surface area contributed by atoms with Crippen LogP contribution >= 0.6 is 22.9 Å². The van der Waals surface area contributed by atoms with Crippen LogP contribution in [0.4, 0.5) is 5.69 Å². The van der Waals surface area contributed by atoms with E-state index in [0.29, 0.717) is 22.0 Å². The van der Waals surface area contributed by atoms with Crippen molar-refractivity contribution in [3.63, 3.8) is 0 Å². The fourth-order valence-electron chi connectivity index (χ4n) is 1.76. The molecule has 0 saturated carbocycles. The highest BCUT2D eigenvalue weighted by Gasteiger charge is 2.13. The molecule has 6 heteroatoms. The minimum absolute atomic E-state index is 0.133. The molecule has 0 aliphatic carbocycles. The summed E-state index contributed by atoms with van der Waals surface area (Å²) in [4.78, 5) is 15.2. The average Bonchev–Trinajstić information content (AvgIpc) is 2.93. The van der Waals surface area contributed by atoms with Crippen LogP contribution in [0.25, 0.3) is 0 Å². The van der Waals surface area contributed by atoms with E-state index in [0.717, 1.165) is 10.6 Å². The van der Waals surface area contributed by atoms with Crippen molar-refractivity contribution in [2.75, 3.05) is 19.4 Å². The van der Waals surface area contributed by atoms with Gasteiger partial charge in [0.25, 0.3) is 5.91 Å². The Morgan fingerprint density at radius 1 is 1.38 bits per heavy atom. The monoisotopic (exact) mass is 319 g/mol. The Kier molecular flexibility index (Phi) is 4.84. The molecule has 0 atom stereocenters. The molecule has 0 aliphatic heterocycles. The molecule has 1 aromatic carbocycles. The normalized spacial score (nSPS) is 10.0. The Bertz CT molecular complexity index is 703. The van der Waals surface area contributed by atoms with Crippen molar-refractivity contribution in [3.05, 3.63) is 50.7 Å². The summed E-state index contributed by atoms with van der Waals surface area (Å²) in [5, 5.41) is 12.5. The fraction of sp³-hybridized carbons (Fsp3) is 0.200. The number of nitriles is 1. The zero-order chi connectivity index (χ0) is 15.4. The molecule has 1 aromatic heterocycles. The topological polar surface area (TPSA) is 56.1 Å². The molecule has 1 N–H and O–H groups in total. The maximum Gasteiger partial charge on any atom is 0.254 e. The highest BCUT2D eigenvalue weighted by Crippen LogP contribution is 2.23. The third kappa shape index (κ3) is 3.75. The maximum atomic E-state index is 12.0. The number of nitrogens with zero attached hydrogens (tertiary/aromatic N) is 2. The number of rotatable bonds is 4. The number of thiophene rings is 1. The maximum absolute atomic E-state index is 12.0. The first kappa shape index (κ1) is 15.4. The van der Waals surface area contributed by atoms with Crippen LogP contribution in [0.1, 0.15) is 20.1 Å². The molecule has 1 heterocycles. The Morgan fingerprint density at radius 2 is 2.14 bits per heavy atom. The van der Waals surface area contributed by atoms with E-state index in [1.807, 2.05) is 12.1 Å². The van der Waals surface area contributed by atoms with Crippen molar-refractivity contribution in [2.45, 2.75) is 6.54 Å². The van der Waals surface area contributed by atoms with Crippen LogP contribution in [0.15, 0.2) is 30.3 Å². The van der Waals surface area contributed by atoms with Gasteiger partial charge in [-0.3, -0.25) is 4.79 Å². The second-order valence-corrected chi connectivity index (χ2v) is 6.20. The van der Waals surface area contributed by atoms with Crippen LogP contribution in [-0.4, -0.2) is 24.9 Å². The SMILES string of the molecule is CN(C)C(=O)c1cc(NCc2ccc(C#N)s2)ccc1Cl. The summed E-state index contributed by atoms with van der Waals surface area (Å²) >= 11 is 7.51. The molecule has 0 fully saturated rings. The second kappa shape index (κ2) is 6.61. The van der Waals surface area contributed by atoms with Crippen molar-refractivity contribution in [1.82, 2.24) is 4.90 Å². The number of benzene rings is 1. The van der Waals surface area contributed by atoms with Crippen LogP contribution < -0.4 is 5.32 Å². The van der Waals surface area contributed by atoms with Gasteiger partial charge in [-0.05, 0) is 30.3 Å². The second-order valence-electron chi connectivity index (χ2n) is 4.63. The predicted molar refractivity (Wildman–Crippen MR) is 85.8 cm³/mol. The van der Waals surface area contributed by atoms with E-state index >= 15 is 0 Å². The number of anilines is 1. The van der Waals surface area contributed by atoms with E-state index in [1.165, 1.54) is 16.2 Å². The number of halogens is 1. The summed E-state index contributed by atoms with van der Waals surface area (Å²) in [6.45, 7) is 0.601. The summed E-state index contributed by atoms with van der Waals surface area (Å²) < 4.78 is 0. The standard InChI is InChI=1S/C15H14ClN3OS/c1-19(2)15(20)13-7-10(3-6-14(13)16)18-9-12-5-4-11(8-17)21-12/h3-7,18H,9H2,1-2H3. The summed E-state index contributed by atoms with van der Waals surface area (Å²) in [6, 6.07) is 11.1. The molecule has 108 valence electrons. The molecule has 0 aliphatic rings. The molecule has 0 radical (unpaired) electrons. The van der Waals surface area contributed by atoms with Gasteiger partial charge in [0, 0.05) is 31.2 Å². The molecular formula is C15H14ClN3OS. The lowest BCUT2D eigenvalue weighted by Crippen LogP contribution is -2.22. The van der Waals surface area contributed by atoms with Crippen LogP contribution in [0.5, 0.6) is 0 Å². The molecule has 4 nitrogen and oxygen atoms in total. The van der Waals surface area contributed by atoms with Crippen LogP contribution in [0.2, 0.25) is 5.02 Å². The number of hydrogen-bond donors (Lipinski definition) is 1. The third-order valence-corrected chi connectivity index (χ3v) is 4.16. The quantitative estimate of drug-likeness (QED) is 0.937. The Labute approximate surface area is 132 Å². The predicted octanol–water partition coefficient (Wildman–Crippen LogP) is 3.59. The number of amides is 1. The van der Waals surface area contributed by atoms with E-state index < -0.39 is 0 Å². The van der Waals surface area contributed by atoms with Crippen molar-refractivity contribution in [1.29, 1.82) is 5.26 Å². The van der Waals surface area contributed by atoms with Gasteiger partial charge in [0.1, 0.15) is 10.9 Å². The Hall–Kier alpha value is -2.03. The van der Waals surface area contributed by atoms with Gasteiger partial charge in [0.15, 0.2) is 0 Å². The molecule has 0 spiro atoms. The van der Waals surface area contributed by atoms with Gasteiger partial charge in [-0.15, -0.1) is 11.3 Å². The van der Waals surface area contributed by atoms with Gasteiger partial charge >= 0.3 is 0 Å². The highest BCUT2D eigenvalue weighted by molar-refractivity contribution is 7.12. The van der Waals surface area contributed by atoms with Gasteiger partial charge in [-0.2, -0.15) is 5.26 Å². The van der Waals surface area contributed by atoms with E-state index in [2.05, 4.69) is 11.4 Å². The molecule has 21 heavy (non-hydrogen) atoms. The molecular weight excluding hydrogens is 306 g/mol. The minimum atomic E-state index is -0.133. The number of nitrogens with one attached hydrogen (secondary N) is 1. The van der Waals surface area contributed by atoms with E-state index in [4.69, 9.17) is 16.9 Å². The number of carbonyl (C=O) groups is 1. The number of carbonyl (C=O) groups excluding carboxylic acids is 1. The van der Waals surface area contributed by atoms with Crippen LogP contribution in [-0.2, 0) is 6.54 Å². The van der Waals surface area contributed by atoms with Crippen LogP contribution in [0, 0.1) is 11.3 Å². The van der Waals surface area contributed by atoms with Crippen molar-refractivity contribution >= 4 is 34.5 Å². The molecule has 2 aromatic rings. The van der Waals surface area contributed by atoms with Gasteiger partial charge in [-0.1, -0.05) is 11.6 Å². The first-order valence-electron chi connectivity index (χ1n) is 6.25. The summed E-state index contributed by atoms with van der Waals surface area (Å²) in [5.74, 6) is -0.133. The lowest BCUT2D eigenvalue weighted by molar-refractivity contribution is 0.0828. The molecule has 2 rings (SSSR count). The molecule has 0 bridgehead atoms. The molecule has 1 amide bonds. The largest absolute Gasteiger partial charge is 0.380 e. The van der Waals surface area contributed by atoms with Crippen molar-refractivity contribution < 1.29 is 4.79 Å². The number of hydrogen-bond acceptors (Lipinski definition) is 4.